The molecular formula is C22H24N2O5S. The van der Waals surface area contributed by atoms with Gasteiger partial charge in [0, 0.05) is 25.6 Å². The quantitative estimate of drug-likeness (QED) is 0.495. The highest BCUT2D eigenvalue weighted by Crippen LogP contribution is 2.44. The summed E-state index contributed by atoms with van der Waals surface area (Å²) >= 11 is 1.23. The topological polar surface area (TPSA) is 95.9 Å². The average molecular weight is 429 g/mol. The maximum absolute atomic E-state index is 12.6. The molecule has 30 heavy (non-hydrogen) atoms. The Morgan fingerprint density at radius 1 is 1.10 bits per heavy atom. The molecule has 1 aliphatic carbocycles. The van der Waals surface area contributed by atoms with E-state index in [1.807, 2.05) is 36.4 Å². The van der Waals surface area contributed by atoms with Crippen LogP contribution in [0.4, 0.5) is 4.79 Å². The lowest BCUT2D eigenvalue weighted by Gasteiger charge is -2.25. The highest BCUT2D eigenvalue weighted by Gasteiger charge is 2.31. The lowest BCUT2D eigenvalue weighted by molar-refractivity contribution is -0.141. The molecule has 3 rings (SSSR count). The van der Waals surface area contributed by atoms with Crippen molar-refractivity contribution in [1.82, 2.24) is 10.2 Å². The Balaban J connectivity index is 1.64. The molecule has 0 saturated carbocycles. The van der Waals surface area contributed by atoms with Gasteiger partial charge in [0.25, 0.3) is 0 Å². The Hall–Kier alpha value is -3.00. The van der Waals surface area contributed by atoms with Crippen molar-refractivity contribution in [2.45, 2.75) is 18.9 Å². The maximum Gasteiger partial charge on any atom is 0.410 e. The van der Waals surface area contributed by atoms with Crippen molar-refractivity contribution in [2.75, 3.05) is 25.3 Å². The third-order valence-electron chi connectivity index (χ3n) is 5.08. The number of carbonyl (C=O) groups is 3. The van der Waals surface area contributed by atoms with Gasteiger partial charge in [0.1, 0.15) is 12.6 Å². The zero-order valence-corrected chi connectivity index (χ0v) is 17.6. The molecule has 1 atom stereocenters. The normalized spacial score (nSPS) is 13.1. The smallest absolute Gasteiger partial charge is 0.410 e. The number of rotatable bonds is 8. The number of carboxylic acids is 1. The Morgan fingerprint density at radius 3 is 2.20 bits per heavy atom. The lowest BCUT2D eigenvalue weighted by Crippen LogP contribution is -2.45. The molecule has 0 fully saturated rings. The van der Waals surface area contributed by atoms with E-state index >= 15 is 0 Å². The SMILES string of the molecule is CC(=O)NCSC[C@@H](C(=O)O)N(C)C(=O)OCC1c2ccccc2-c2ccccc21. The predicted molar refractivity (Wildman–Crippen MR) is 115 cm³/mol. The number of amides is 2. The number of ether oxygens (including phenoxy) is 1. The Morgan fingerprint density at radius 2 is 1.67 bits per heavy atom. The predicted octanol–water partition coefficient (Wildman–Crippen LogP) is 3.15. The summed E-state index contributed by atoms with van der Waals surface area (Å²) in [5.41, 5.74) is 4.44. The molecule has 1 aliphatic rings. The van der Waals surface area contributed by atoms with Crippen molar-refractivity contribution in [3.05, 3.63) is 59.7 Å². The Labute approximate surface area is 179 Å². The van der Waals surface area contributed by atoms with E-state index in [2.05, 4.69) is 17.4 Å². The van der Waals surface area contributed by atoms with Crippen molar-refractivity contribution < 1.29 is 24.2 Å². The molecule has 2 amide bonds. The minimum atomic E-state index is -1.12. The number of nitrogens with zero attached hydrogens (tertiary/aromatic N) is 1. The number of carboxylic acid groups (broad SMARTS) is 1. The molecule has 0 saturated heterocycles. The first-order chi connectivity index (χ1) is 14.4. The number of fused-ring (bicyclic) bond motifs is 3. The number of hydrogen-bond acceptors (Lipinski definition) is 5. The zero-order valence-electron chi connectivity index (χ0n) is 16.8. The molecule has 0 aromatic heterocycles. The maximum atomic E-state index is 12.6. The molecule has 2 aromatic rings. The van der Waals surface area contributed by atoms with E-state index in [0.29, 0.717) is 0 Å². The van der Waals surface area contributed by atoms with E-state index in [1.165, 1.54) is 25.7 Å². The van der Waals surface area contributed by atoms with Crippen LogP contribution in [0, 0.1) is 0 Å². The van der Waals surface area contributed by atoms with E-state index in [4.69, 9.17) is 4.74 Å². The van der Waals surface area contributed by atoms with Gasteiger partial charge in [0.15, 0.2) is 0 Å². The van der Waals surface area contributed by atoms with E-state index in [0.717, 1.165) is 27.2 Å². The van der Waals surface area contributed by atoms with Crippen molar-refractivity contribution in [3.8, 4) is 11.1 Å². The third kappa shape index (κ3) is 4.76. The summed E-state index contributed by atoms with van der Waals surface area (Å²) in [6.45, 7) is 1.51. The van der Waals surface area contributed by atoms with Gasteiger partial charge >= 0.3 is 12.1 Å². The van der Waals surface area contributed by atoms with Crippen molar-refractivity contribution >= 4 is 29.7 Å². The molecule has 0 heterocycles. The second-order valence-electron chi connectivity index (χ2n) is 7.02. The van der Waals surface area contributed by atoms with Gasteiger partial charge in [-0.25, -0.2) is 9.59 Å². The van der Waals surface area contributed by atoms with Crippen molar-refractivity contribution in [1.29, 1.82) is 0 Å². The number of nitrogens with one attached hydrogen (secondary N) is 1. The third-order valence-corrected chi connectivity index (χ3v) is 5.98. The standard InChI is InChI=1S/C22H24N2O5S/c1-14(25)23-13-30-12-20(21(26)27)24(2)22(28)29-11-19-17-9-5-3-7-15(17)16-8-4-6-10-18(16)19/h3-10,19-20H,11-13H2,1-2H3,(H,23,25)(H,26,27)/t20-/m0/s1. The van der Waals surface area contributed by atoms with Gasteiger partial charge in [-0.1, -0.05) is 48.5 Å². The summed E-state index contributed by atoms with van der Waals surface area (Å²) < 4.78 is 5.52. The molecule has 158 valence electrons. The molecule has 0 radical (unpaired) electrons. The van der Waals surface area contributed by atoms with Crippen LogP contribution >= 0.6 is 11.8 Å². The fourth-order valence-corrected chi connectivity index (χ4v) is 4.51. The second-order valence-corrected chi connectivity index (χ2v) is 8.05. The first-order valence-electron chi connectivity index (χ1n) is 9.53. The first-order valence-corrected chi connectivity index (χ1v) is 10.7. The Kier molecular flexibility index (Phi) is 6.99. The first kappa shape index (κ1) is 21.7. The van der Waals surface area contributed by atoms with Crippen LogP contribution in [0.1, 0.15) is 24.0 Å². The summed E-state index contributed by atoms with van der Waals surface area (Å²) in [4.78, 5) is 36.2. The van der Waals surface area contributed by atoms with Crippen molar-refractivity contribution in [2.24, 2.45) is 0 Å². The molecule has 8 heteroatoms. The summed E-state index contributed by atoms with van der Waals surface area (Å²) in [5, 5.41) is 12.1. The minimum absolute atomic E-state index is 0.0906. The largest absolute Gasteiger partial charge is 0.480 e. The lowest BCUT2D eigenvalue weighted by atomic mass is 9.98. The summed E-state index contributed by atoms with van der Waals surface area (Å²) in [7, 11) is 1.41. The molecule has 2 aromatic carbocycles. The zero-order chi connectivity index (χ0) is 21.7. The number of aliphatic carboxylic acids is 1. The Bertz CT molecular complexity index is 903. The molecular weight excluding hydrogens is 404 g/mol. The van der Waals surface area contributed by atoms with Gasteiger partial charge in [0.2, 0.25) is 5.91 Å². The van der Waals surface area contributed by atoms with Gasteiger partial charge in [-0.15, -0.1) is 11.8 Å². The number of thioether (sulfide) groups is 1. The number of hydrogen-bond donors (Lipinski definition) is 2. The molecule has 2 N–H and O–H groups in total. The summed E-state index contributed by atoms with van der Waals surface area (Å²) in [5.74, 6) is -0.999. The fraction of sp³-hybridized carbons (Fsp3) is 0.318. The van der Waals surface area contributed by atoms with Crippen LogP contribution in [0.5, 0.6) is 0 Å². The van der Waals surface area contributed by atoms with Crippen LogP contribution in [0.25, 0.3) is 11.1 Å². The van der Waals surface area contributed by atoms with Gasteiger partial charge in [-0.3, -0.25) is 9.69 Å². The molecule has 0 bridgehead atoms. The van der Waals surface area contributed by atoms with E-state index in [9.17, 15) is 19.5 Å². The van der Waals surface area contributed by atoms with Crippen LogP contribution in [0.2, 0.25) is 0 Å². The van der Waals surface area contributed by atoms with Crippen LogP contribution in [-0.4, -0.2) is 59.3 Å². The molecule has 7 nitrogen and oxygen atoms in total. The number of benzene rings is 2. The summed E-state index contributed by atoms with van der Waals surface area (Å²) in [6, 6.07) is 15.0. The number of likely N-dealkylation sites (N-methyl/N-ethyl adjacent to an activating group) is 1. The molecule has 0 aliphatic heterocycles. The van der Waals surface area contributed by atoms with Gasteiger partial charge in [-0.05, 0) is 22.3 Å². The highest BCUT2D eigenvalue weighted by atomic mass is 32.2. The highest BCUT2D eigenvalue weighted by molar-refractivity contribution is 7.99. The molecule has 0 spiro atoms. The van der Waals surface area contributed by atoms with Gasteiger partial charge in [0.05, 0.1) is 5.88 Å². The van der Waals surface area contributed by atoms with Crippen LogP contribution in [0.3, 0.4) is 0 Å². The van der Waals surface area contributed by atoms with E-state index < -0.39 is 18.1 Å². The van der Waals surface area contributed by atoms with Crippen LogP contribution in [-0.2, 0) is 14.3 Å². The number of carbonyl (C=O) groups excluding carboxylic acids is 2. The van der Waals surface area contributed by atoms with Gasteiger partial charge < -0.3 is 15.2 Å². The monoisotopic (exact) mass is 428 g/mol. The fourth-order valence-electron chi connectivity index (χ4n) is 3.50. The van der Waals surface area contributed by atoms with E-state index in [1.54, 1.807) is 0 Å². The second kappa shape index (κ2) is 9.67. The van der Waals surface area contributed by atoms with Crippen LogP contribution < -0.4 is 5.32 Å². The van der Waals surface area contributed by atoms with Crippen molar-refractivity contribution in [3.63, 3.8) is 0 Å². The average Bonchev–Trinajstić information content (AvgIpc) is 3.05. The van der Waals surface area contributed by atoms with Crippen LogP contribution in [0.15, 0.2) is 48.5 Å². The molecule has 0 unspecified atom stereocenters. The van der Waals surface area contributed by atoms with E-state index in [-0.39, 0.29) is 30.1 Å². The summed E-state index contributed by atoms with van der Waals surface area (Å²) in [6.07, 6.45) is -0.690. The minimum Gasteiger partial charge on any atom is -0.480 e. The van der Waals surface area contributed by atoms with Gasteiger partial charge in [-0.2, -0.15) is 0 Å².